The van der Waals surface area contributed by atoms with E-state index < -0.39 is 16.8 Å². The maximum Gasteiger partial charge on any atom is 0.321 e. The first kappa shape index (κ1) is 22.7. The minimum atomic E-state index is -1.04. The lowest BCUT2D eigenvalue weighted by Gasteiger charge is -2.32. The van der Waals surface area contributed by atoms with Crippen molar-refractivity contribution in [2.75, 3.05) is 0 Å². The van der Waals surface area contributed by atoms with Gasteiger partial charge in [0.05, 0.1) is 0 Å². The molecule has 3 nitrogen and oxygen atoms in total. The van der Waals surface area contributed by atoms with Gasteiger partial charge in [-0.15, -0.1) is 0 Å². The number of carboxylic acids is 1. The van der Waals surface area contributed by atoms with Gasteiger partial charge in [0.2, 0.25) is 0 Å². The molecular weight excluding hydrogens is 378 g/mol. The predicted octanol–water partition coefficient (Wildman–Crippen LogP) is 4.86. The van der Waals surface area contributed by atoms with Gasteiger partial charge in [0.1, 0.15) is 6.04 Å². The minimum Gasteiger partial charge on any atom is -0.480 e. The van der Waals surface area contributed by atoms with Crippen molar-refractivity contribution in [3.63, 3.8) is 0 Å². The maximum absolute atomic E-state index is 11.4. The van der Waals surface area contributed by atoms with Crippen LogP contribution in [-0.2, 0) is 17.6 Å². The molecule has 3 aromatic rings. The van der Waals surface area contributed by atoms with Crippen molar-refractivity contribution in [2.45, 2.75) is 37.5 Å². The van der Waals surface area contributed by atoms with Crippen LogP contribution in [0.25, 0.3) is 0 Å². The van der Waals surface area contributed by atoms with E-state index >= 15 is 0 Å². The lowest BCUT2D eigenvalue weighted by atomic mass is 9.86. The lowest BCUT2D eigenvalue weighted by molar-refractivity contribution is -0.139. The second kappa shape index (κ2) is 10.8. The van der Waals surface area contributed by atoms with Crippen LogP contribution in [-0.4, -0.2) is 21.9 Å². The molecule has 3 aromatic carbocycles. The molecule has 0 heterocycles. The van der Waals surface area contributed by atoms with E-state index in [1.165, 1.54) is 11.1 Å². The Bertz CT molecular complexity index is 817. The van der Waals surface area contributed by atoms with Gasteiger partial charge >= 0.3 is 5.97 Å². The van der Waals surface area contributed by atoms with E-state index in [0.717, 1.165) is 11.1 Å². The molecule has 1 unspecified atom stereocenters. The number of carboxylic acid groups (broad SMARTS) is 1. The lowest BCUT2D eigenvalue weighted by Crippen LogP contribution is -2.52. The highest BCUT2D eigenvalue weighted by atomic mass is 32.1. The Morgan fingerprint density at radius 1 is 0.828 bits per heavy atom. The molecule has 0 bridgehead atoms. The monoisotopic (exact) mass is 407 g/mol. The molecule has 0 aromatic heterocycles. The zero-order valence-electron chi connectivity index (χ0n) is 17.0. The smallest absolute Gasteiger partial charge is 0.321 e. The molecule has 0 fully saturated rings. The first-order valence-electron chi connectivity index (χ1n) is 9.62. The second-order valence-corrected chi connectivity index (χ2v) is 8.29. The van der Waals surface area contributed by atoms with Gasteiger partial charge in [0.15, 0.2) is 0 Å². The summed E-state index contributed by atoms with van der Waals surface area (Å²) >= 11 is 4.67. The molecule has 3 rings (SSSR count). The Morgan fingerprint density at radius 2 is 1.17 bits per heavy atom. The van der Waals surface area contributed by atoms with Gasteiger partial charge < -0.3 is 10.8 Å². The number of benzene rings is 3. The molecule has 1 atom stereocenters. The van der Waals surface area contributed by atoms with Crippen molar-refractivity contribution in [2.24, 2.45) is 5.73 Å². The topological polar surface area (TPSA) is 63.3 Å². The fourth-order valence-electron chi connectivity index (χ4n) is 3.05. The summed E-state index contributed by atoms with van der Waals surface area (Å²) in [4.78, 5) is 11.4. The second-order valence-electron chi connectivity index (χ2n) is 7.40. The van der Waals surface area contributed by atoms with Gasteiger partial charge in [0.25, 0.3) is 0 Å². The maximum atomic E-state index is 11.4. The molecule has 0 radical (unpaired) electrons. The van der Waals surface area contributed by atoms with Crippen molar-refractivity contribution >= 4 is 18.6 Å². The molecule has 0 saturated heterocycles. The minimum absolute atomic E-state index is 0.499. The SMILES string of the molecule is Cc1ccc(C)cc1.NC(C(=O)O)C(S)(Cc1ccccc1)Cc1ccccc1. The molecule has 4 heteroatoms. The molecule has 0 spiro atoms. The number of hydrogen-bond acceptors (Lipinski definition) is 3. The zero-order chi connectivity index (χ0) is 21.3. The van der Waals surface area contributed by atoms with Crippen LogP contribution in [0.1, 0.15) is 22.3 Å². The molecule has 0 aliphatic carbocycles. The van der Waals surface area contributed by atoms with Gasteiger partial charge in [-0.3, -0.25) is 4.79 Å². The first-order valence-corrected chi connectivity index (χ1v) is 10.1. The van der Waals surface area contributed by atoms with E-state index in [2.05, 4.69) is 50.7 Å². The van der Waals surface area contributed by atoms with Gasteiger partial charge in [-0.25, -0.2) is 0 Å². The normalized spacial score (nSPS) is 11.9. The fourth-order valence-corrected chi connectivity index (χ4v) is 3.52. The number of aliphatic carboxylic acids is 1. The van der Waals surface area contributed by atoms with E-state index in [1.807, 2.05) is 60.7 Å². The van der Waals surface area contributed by atoms with Crippen molar-refractivity contribution in [1.82, 2.24) is 0 Å². The van der Waals surface area contributed by atoms with Crippen LogP contribution < -0.4 is 5.73 Å². The summed E-state index contributed by atoms with van der Waals surface area (Å²) in [5, 5.41) is 9.30. The third-order valence-electron chi connectivity index (χ3n) is 4.77. The molecule has 0 aliphatic heterocycles. The third kappa shape index (κ3) is 7.41. The summed E-state index contributed by atoms with van der Waals surface area (Å²) < 4.78 is -0.839. The Kier molecular flexibility index (Phi) is 8.50. The van der Waals surface area contributed by atoms with Crippen LogP contribution in [0.3, 0.4) is 0 Å². The number of hydrogen-bond donors (Lipinski definition) is 3. The predicted molar refractivity (Wildman–Crippen MR) is 124 cm³/mol. The standard InChI is InChI=1S/C17H19NO2S.C8H10/c18-15(16(19)20)17(21,11-13-7-3-1-4-8-13)12-14-9-5-2-6-10-14;1-7-3-5-8(2)6-4-7/h1-10,15,21H,11-12,18H2,(H,19,20);3-6H,1-2H3. The number of thiol groups is 1. The van der Waals surface area contributed by atoms with Crippen LogP contribution in [0.5, 0.6) is 0 Å². The number of aryl methyl sites for hydroxylation is 2. The quantitative estimate of drug-likeness (QED) is 0.512. The van der Waals surface area contributed by atoms with Crippen molar-refractivity contribution in [1.29, 1.82) is 0 Å². The molecular formula is C25H29NO2S. The van der Waals surface area contributed by atoms with Crippen molar-refractivity contribution in [3.05, 3.63) is 107 Å². The van der Waals surface area contributed by atoms with Crippen LogP contribution >= 0.6 is 12.6 Å². The Balaban J connectivity index is 0.000000313. The summed E-state index contributed by atoms with van der Waals surface area (Å²) in [5.41, 5.74) is 10.6. The zero-order valence-corrected chi connectivity index (χ0v) is 17.8. The van der Waals surface area contributed by atoms with Gasteiger partial charge in [-0.1, -0.05) is 96.1 Å². The summed E-state index contributed by atoms with van der Waals surface area (Å²) in [6.07, 6.45) is 0.999. The van der Waals surface area contributed by atoms with E-state index in [-0.39, 0.29) is 0 Å². The summed E-state index contributed by atoms with van der Waals surface area (Å²) in [7, 11) is 0. The molecule has 0 aliphatic rings. The van der Waals surface area contributed by atoms with Gasteiger partial charge in [0, 0.05) is 4.75 Å². The Hall–Kier alpha value is -2.56. The Labute approximate surface area is 179 Å². The first-order chi connectivity index (χ1) is 13.8. The van der Waals surface area contributed by atoms with E-state index in [9.17, 15) is 9.90 Å². The summed E-state index contributed by atoms with van der Waals surface area (Å²) in [6, 6.07) is 26.9. The summed E-state index contributed by atoms with van der Waals surface area (Å²) in [5.74, 6) is -1.03. The molecule has 29 heavy (non-hydrogen) atoms. The molecule has 152 valence electrons. The highest BCUT2D eigenvalue weighted by Gasteiger charge is 2.38. The van der Waals surface area contributed by atoms with E-state index in [0.29, 0.717) is 12.8 Å². The largest absolute Gasteiger partial charge is 0.480 e. The third-order valence-corrected chi connectivity index (χ3v) is 5.36. The van der Waals surface area contributed by atoms with Gasteiger partial charge in [-0.05, 0) is 37.8 Å². The number of carbonyl (C=O) groups is 1. The van der Waals surface area contributed by atoms with Crippen LogP contribution in [0, 0.1) is 13.8 Å². The Morgan fingerprint density at radius 3 is 1.48 bits per heavy atom. The van der Waals surface area contributed by atoms with E-state index in [1.54, 1.807) is 0 Å². The van der Waals surface area contributed by atoms with Crippen LogP contribution in [0.15, 0.2) is 84.9 Å². The number of rotatable bonds is 6. The average molecular weight is 408 g/mol. The van der Waals surface area contributed by atoms with Crippen molar-refractivity contribution < 1.29 is 9.90 Å². The highest BCUT2D eigenvalue weighted by Crippen LogP contribution is 2.29. The average Bonchev–Trinajstić information content (AvgIpc) is 2.71. The van der Waals surface area contributed by atoms with Crippen molar-refractivity contribution in [3.8, 4) is 0 Å². The molecule has 3 N–H and O–H groups in total. The molecule has 0 amide bonds. The summed E-state index contributed by atoms with van der Waals surface area (Å²) in [6.45, 7) is 4.19. The van der Waals surface area contributed by atoms with E-state index in [4.69, 9.17) is 5.73 Å². The fraction of sp³-hybridized carbons (Fsp3) is 0.240. The highest BCUT2D eigenvalue weighted by molar-refractivity contribution is 7.82. The van der Waals surface area contributed by atoms with Gasteiger partial charge in [-0.2, -0.15) is 12.6 Å². The van der Waals surface area contributed by atoms with Crippen LogP contribution in [0.4, 0.5) is 0 Å². The molecule has 0 saturated carbocycles. The number of nitrogens with two attached hydrogens (primary N) is 1. The van der Waals surface area contributed by atoms with Crippen LogP contribution in [0.2, 0.25) is 0 Å².